The summed E-state index contributed by atoms with van der Waals surface area (Å²) in [6.45, 7) is 5.48. The van der Waals surface area contributed by atoms with Crippen LogP contribution in [0, 0.1) is 13.8 Å². The highest BCUT2D eigenvalue weighted by molar-refractivity contribution is 8.09. The molecule has 24 heavy (non-hydrogen) atoms. The van der Waals surface area contributed by atoms with Crippen LogP contribution in [0.15, 0.2) is 58.3 Å². The van der Waals surface area contributed by atoms with Crippen molar-refractivity contribution in [3.8, 4) is 0 Å². The van der Waals surface area contributed by atoms with Crippen molar-refractivity contribution in [3.63, 3.8) is 0 Å². The van der Waals surface area contributed by atoms with Crippen LogP contribution in [0.2, 0.25) is 0 Å². The van der Waals surface area contributed by atoms with Gasteiger partial charge in [-0.05, 0) is 44.5 Å². The largest absolute Gasteiger partial charge is 0.222 e. The Hall–Kier alpha value is -1.66. The van der Waals surface area contributed by atoms with E-state index in [0.29, 0.717) is 6.42 Å². The first-order valence-electron chi connectivity index (χ1n) is 7.80. The molecule has 130 valence electrons. The van der Waals surface area contributed by atoms with Gasteiger partial charge in [0.2, 0.25) is 0 Å². The van der Waals surface area contributed by atoms with Crippen molar-refractivity contribution in [2.24, 2.45) is 0 Å². The van der Waals surface area contributed by atoms with E-state index in [1.54, 1.807) is 31.2 Å². The summed E-state index contributed by atoms with van der Waals surface area (Å²) >= 11 is 0. The fourth-order valence-corrected chi connectivity index (χ4v) is 7.20. The van der Waals surface area contributed by atoms with Gasteiger partial charge in [-0.1, -0.05) is 48.7 Å². The minimum atomic E-state index is -3.98. The maximum Gasteiger partial charge on any atom is 0.195 e. The van der Waals surface area contributed by atoms with Gasteiger partial charge in [0.1, 0.15) is 0 Å². The highest BCUT2D eigenvalue weighted by Crippen LogP contribution is 2.29. The maximum absolute atomic E-state index is 12.9. The third kappa shape index (κ3) is 3.70. The minimum absolute atomic E-state index is 0.0437. The van der Waals surface area contributed by atoms with Gasteiger partial charge in [0, 0.05) is 0 Å². The fraction of sp³-hybridized carbons (Fsp3) is 0.333. The van der Waals surface area contributed by atoms with Gasteiger partial charge in [-0.3, -0.25) is 0 Å². The lowest BCUT2D eigenvalue weighted by Crippen LogP contribution is -2.30. The molecule has 0 saturated carbocycles. The van der Waals surface area contributed by atoms with Crippen LogP contribution in [0.1, 0.15) is 30.9 Å². The Balaban J connectivity index is 2.55. The summed E-state index contributed by atoms with van der Waals surface area (Å²) in [7, 11) is -7.97. The van der Waals surface area contributed by atoms with Crippen LogP contribution < -0.4 is 0 Å². The van der Waals surface area contributed by atoms with E-state index in [9.17, 15) is 16.8 Å². The van der Waals surface area contributed by atoms with E-state index < -0.39 is 24.3 Å². The third-order valence-electron chi connectivity index (χ3n) is 3.92. The van der Waals surface area contributed by atoms with Crippen molar-refractivity contribution in [3.05, 3.63) is 59.7 Å². The molecular weight excluding hydrogens is 344 g/mol. The Bertz CT molecular complexity index is 819. The highest BCUT2D eigenvalue weighted by Gasteiger charge is 2.39. The molecule has 0 radical (unpaired) electrons. The van der Waals surface area contributed by atoms with Gasteiger partial charge < -0.3 is 0 Å². The van der Waals surface area contributed by atoms with Crippen molar-refractivity contribution in [1.29, 1.82) is 0 Å². The molecule has 0 unspecified atom stereocenters. The number of rotatable bonds is 6. The first-order chi connectivity index (χ1) is 11.2. The molecule has 0 bridgehead atoms. The third-order valence-corrected chi connectivity index (χ3v) is 9.15. The van der Waals surface area contributed by atoms with Crippen molar-refractivity contribution in [2.75, 3.05) is 0 Å². The summed E-state index contributed by atoms with van der Waals surface area (Å²) in [5.74, 6) is 0. The Morgan fingerprint density at radius 1 is 0.708 bits per heavy atom. The summed E-state index contributed by atoms with van der Waals surface area (Å²) in [5, 5.41) is 0. The molecule has 0 spiro atoms. The first-order valence-corrected chi connectivity index (χ1v) is 10.9. The zero-order valence-corrected chi connectivity index (χ0v) is 15.7. The van der Waals surface area contributed by atoms with Crippen LogP contribution in [0.4, 0.5) is 0 Å². The van der Waals surface area contributed by atoms with E-state index in [2.05, 4.69) is 0 Å². The van der Waals surface area contributed by atoms with Gasteiger partial charge in [0.05, 0.1) is 9.79 Å². The van der Waals surface area contributed by atoms with Crippen LogP contribution in [-0.2, 0) is 19.7 Å². The van der Waals surface area contributed by atoms with Crippen molar-refractivity contribution in [2.45, 2.75) is 48.0 Å². The summed E-state index contributed by atoms with van der Waals surface area (Å²) in [4.78, 5) is 0.0875. The van der Waals surface area contributed by atoms with Crippen molar-refractivity contribution < 1.29 is 16.8 Å². The van der Waals surface area contributed by atoms with Gasteiger partial charge in [-0.2, -0.15) is 0 Å². The smallest absolute Gasteiger partial charge is 0.195 e. The molecule has 0 aliphatic rings. The maximum atomic E-state index is 12.9. The van der Waals surface area contributed by atoms with E-state index in [1.807, 2.05) is 13.8 Å². The second-order valence-corrected chi connectivity index (χ2v) is 10.5. The summed E-state index contributed by atoms with van der Waals surface area (Å²) in [6.07, 6.45) is 0.521. The Kier molecular flexibility index (Phi) is 5.50. The van der Waals surface area contributed by atoms with Crippen molar-refractivity contribution in [1.82, 2.24) is 0 Å². The lowest BCUT2D eigenvalue weighted by Gasteiger charge is -2.18. The molecule has 0 N–H and O–H groups in total. The van der Waals surface area contributed by atoms with E-state index in [-0.39, 0.29) is 16.2 Å². The van der Waals surface area contributed by atoms with E-state index in [0.717, 1.165) is 11.1 Å². The summed E-state index contributed by atoms with van der Waals surface area (Å²) in [5.41, 5.74) is 1.84. The summed E-state index contributed by atoms with van der Waals surface area (Å²) < 4.78 is 50.3. The zero-order valence-electron chi connectivity index (χ0n) is 14.1. The minimum Gasteiger partial charge on any atom is -0.222 e. The normalized spacial score (nSPS) is 12.5. The number of aryl methyl sites for hydroxylation is 2. The average Bonchev–Trinajstić information content (AvgIpc) is 2.53. The van der Waals surface area contributed by atoms with Crippen LogP contribution in [0.3, 0.4) is 0 Å². The van der Waals surface area contributed by atoms with E-state index in [4.69, 9.17) is 0 Å². The molecule has 4 nitrogen and oxygen atoms in total. The highest BCUT2D eigenvalue weighted by atomic mass is 32.3. The molecule has 0 aromatic heterocycles. The van der Waals surface area contributed by atoms with Crippen LogP contribution in [-0.4, -0.2) is 21.4 Å². The summed E-state index contributed by atoms with van der Waals surface area (Å²) in [6, 6.07) is 12.6. The predicted octanol–water partition coefficient (Wildman–Crippen LogP) is 3.68. The van der Waals surface area contributed by atoms with Crippen molar-refractivity contribution >= 4 is 19.7 Å². The number of benzene rings is 2. The number of hydrogen-bond acceptors (Lipinski definition) is 4. The SMILES string of the molecule is CCCC(S(=O)(=O)c1ccc(C)cc1)S(=O)(=O)c1ccc(C)cc1. The standard InChI is InChI=1S/C18H22O4S2/c1-4-5-18(23(19,20)16-10-6-14(2)7-11-16)24(21,22)17-12-8-15(3)9-13-17/h6-13,18H,4-5H2,1-3H3. The van der Waals surface area contributed by atoms with E-state index >= 15 is 0 Å². The average molecular weight is 367 g/mol. The Morgan fingerprint density at radius 3 is 1.33 bits per heavy atom. The quantitative estimate of drug-likeness (QED) is 0.782. The van der Waals surface area contributed by atoms with Crippen LogP contribution >= 0.6 is 0 Å². The molecule has 6 heteroatoms. The first kappa shape index (κ1) is 18.7. The number of sulfone groups is 2. The molecule has 2 aromatic carbocycles. The molecule has 0 fully saturated rings. The van der Waals surface area contributed by atoms with Gasteiger partial charge >= 0.3 is 0 Å². The lowest BCUT2D eigenvalue weighted by atomic mass is 10.2. The molecule has 0 saturated heterocycles. The number of hydrogen-bond donors (Lipinski definition) is 0. The second kappa shape index (κ2) is 7.07. The topological polar surface area (TPSA) is 68.3 Å². The predicted molar refractivity (Wildman–Crippen MR) is 95.4 cm³/mol. The molecule has 2 aromatic rings. The molecular formula is C18H22O4S2. The molecule has 0 aliphatic heterocycles. The molecule has 0 amide bonds. The van der Waals surface area contributed by atoms with Gasteiger partial charge in [0.25, 0.3) is 0 Å². The van der Waals surface area contributed by atoms with Gasteiger partial charge in [-0.25, -0.2) is 16.8 Å². The Morgan fingerprint density at radius 2 is 1.04 bits per heavy atom. The van der Waals surface area contributed by atoms with Gasteiger partial charge in [-0.15, -0.1) is 0 Å². The molecule has 0 atom stereocenters. The molecule has 0 heterocycles. The Labute approximate surface area is 144 Å². The zero-order chi connectivity index (χ0) is 18.0. The molecule has 0 aliphatic carbocycles. The fourth-order valence-electron chi connectivity index (χ4n) is 2.47. The lowest BCUT2D eigenvalue weighted by molar-refractivity contribution is 0.567. The van der Waals surface area contributed by atoms with Crippen LogP contribution in [0.25, 0.3) is 0 Å². The molecule has 2 rings (SSSR count). The van der Waals surface area contributed by atoms with E-state index in [1.165, 1.54) is 24.3 Å². The monoisotopic (exact) mass is 366 g/mol. The van der Waals surface area contributed by atoms with Gasteiger partial charge in [0.15, 0.2) is 24.3 Å². The second-order valence-electron chi connectivity index (χ2n) is 5.93. The van der Waals surface area contributed by atoms with Crippen LogP contribution in [0.5, 0.6) is 0 Å².